The molecule has 6 nitrogen and oxygen atoms in total. The quantitative estimate of drug-likeness (QED) is 0.712. The number of aromatic nitrogens is 2. The van der Waals surface area contributed by atoms with E-state index in [0.717, 1.165) is 5.56 Å². The Morgan fingerprint density at radius 3 is 2.71 bits per heavy atom. The van der Waals surface area contributed by atoms with Crippen LogP contribution in [0.4, 0.5) is 11.5 Å². The summed E-state index contributed by atoms with van der Waals surface area (Å²) in [5, 5.41) is 6.17. The molecule has 0 aliphatic rings. The number of rotatable bonds is 3. The topological polar surface area (TPSA) is 101 Å². The molecule has 2 aromatic rings. The van der Waals surface area contributed by atoms with Crippen LogP contribution >= 0.6 is 0 Å². The number of benzene rings is 1. The summed E-state index contributed by atoms with van der Waals surface area (Å²) < 4.78 is 26.3. The van der Waals surface area contributed by atoms with Crippen LogP contribution in [0.3, 0.4) is 0 Å². The highest BCUT2D eigenvalue weighted by Gasteiger charge is 2.15. The molecule has 0 aliphatic carbocycles. The number of hydrogen-bond acceptors (Lipinski definition) is 4. The highest BCUT2D eigenvalue weighted by molar-refractivity contribution is 7.92. The Balaban J connectivity index is 2.35. The van der Waals surface area contributed by atoms with E-state index in [0.29, 0.717) is 11.5 Å². The van der Waals surface area contributed by atoms with E-state index in [1.807, 2.05) is 6.92 Å². The summed E-state index contributed by atoms with van der Waals surface area (Å²) in [5.41, 5.74) is 6.96. The molecule has 7 heteroatoms. The lowest BCUT2D eigenvalue weighted by atomic mass is 10.2. The molecule has 1 aromatic carbocycles. The number of nitrogen functional groups attached to an aromatic ring is 1. The van der Waals surface area contributed by atoms with Gasteiger partial charge >= 0.3 is 0 Å². The lowest BCUT2D eigenvalue weighted by molar-refractivity contribution is 0.601. The number of nitrogens with zero attached hydrogens (tertiary/aromatic N) is 1. The van der Waals surface area contributed by atoms with Crippen molar-refractivity contribution in [2.45, 2.75) is 11.8 Å². The third-order valence-corrected chi connectivity index (χ3v) is 3.67. The molecule has 0 fully saturated rings. The molecule has 0 spiro atoms. The fourth-order valence-corrected chi connectivity index (χ4v) is 2.35. The highest BCUT2D eigenvalue weighted by atomic mass is 32.2. The predicted molar refractivity (Wildman–Crippen MR) is 65.0 cm³/mol. The van der Waals surface area contributed by atoms with Gasteiger partial charge in [0, 0.05) is 11.8 Å². The lowest BCUT2D eigenvalue weighted by Crippen LogP contribution is -2.13. The SMILES string of the molecule is Cc1ccc(S(=O)(=O)Nc2ccn[nH]2)cc1N. The van der Waals surface area contributed by atoms with E-state index < -0.39 is 10.0 Å². The summed E-state index contributed by atoms with van der Waals surface area (Å²) >= 11 is 0. The number of aryl methyl sites for hydroxylation is 1. The van der Waals surface area contributed by atoms with Crippen molar-refractivity contribution in [2.24, 2.45) is 0 Å². The third kappa shape index (κ3) is 2.39. The van der Waals surface area contributed by atoms with Gasteiger partial charge in [0.05, 0.1) is 11.1 Å². The summed E-state index contributed by atoms with van der Waals surface area (Å²) in [4.78, 5) is 0.121. The summed E-state index contributed by atoms with van der Waals surface area (Å²) in [7, 11) is -3.62. The van der Waals surface area contributed by atoms with Gasteiger partial charge < -0.3 is 5.73 Å². The minimum absolute atomic E-state index is 0.121. The molecular weight excluding hydrogens is 240 g/mol. The van der Waals surface area contributed by atoms with E-state index in [9.17, 15) is 8.42 Å². The van der Waals surface area contributed by atoms with E-state index in [4.69, 9.17) is 5.73 Å². The average molecular weight is 252 g/mol. The molecule has 4 N–H and O–H groups in total. The number of nitrogens with two attached hydrogens (primary N) is 1. The Morgan fingerprint density at radius 2 is 2.12 bits per heavy atom. The second kappa shape index (κ2) is 4.10. The second-order valence-electron chi connectivity index (χ2n) is 3.59. The first kappa shape index (κ1) is 11.5. The van der Waals surface area contributed by atoms with E-state index >= 15 is 0 Å². The van der Waals surface area contributed by atoms with Gasteiger partial charge in [0.2, 0.25) is 0 Å². The van der Waals surface area contributed by atoms with Crippen LogP contribution in [-0.2, 0) is 10.0 Å². The zero-order valence-corrected chi connectivity index (χ0v) is 9.95. The van der Waals surface area contributed by atoms with Gasteiger partial charge in [0.15, 0.2) is 0 Å². The van der Waals surface area contributed by atoms with Gasteiger partial charge in [-0.1, -0.05) is 6.07 Å². The van der Waals surface area contributed by atoms with Crippen molar-refractivity contribution in [3.63, 3.8) is 0 Å². The fraction of sp³-hybridized carbons (Fsp3) is 0.100. The van der Waals surface area contributed by atoms with Crippen molar-refractivity contribution in [1.82, 2.24) is 10.2 Å². The Bertz CT molecular complexity index is 620. The number of H-pyrrole nitrogens is 1. The van der Waals surface area contributed by atoms with E-state index in [1.54, 1.807) is 6.07 Å². The zero-order chi connectivity index (χ0) is 12.5. The molecule has 2 rings (SSSR count). The number of sulfonamides is 1. The van der Waals surface area contributed by atoms with Gasteiger partial charge in [-0.3, -0.25) is 9.82 Å². The van der Waals surface area contributed by atoms with Crippen molar-refractivity contribution in [2.75, 3.05) is 10.5 Å². The zero-order valence-electron chi connectivity index (χ0n) is 9.14. The van der Waals surface area contributed by atoms with Crippen molar-refractivity contribution < 1.29 is 8.42 Å². The molecule has 17 heavy (non-hydrogen) atoms. The molecule has 0 amide bonds. The minimum Gasteiger partial charge on any atom is -0.398 e. The van der Waals surface area contributed by atoms with Gasteiger partial charge in [-0.15, -0.1) is 0 Å². The van der Waals surface area contributed by atoms with E-state index in [2.05, 4.69) is 14.9 Å². The van der Waals surface area contributed by atoms with Crippen LogP contribution in [0, 0.1) is 6.92 Å². The smallest absolute Gasteiger partial charge is 0.263 e. The van der Waals surface area contributed by atoms with Gasteiger partial charge in [0.25, 0.3) is 10.0 Å². The van der Waals surface area contributed by atoms with Gasteiger partial charge in [-0.25, -0.2) is 8.42 Å². The first-order chi connectivity index (χ1) is 7.99. The summed E-state index contributed by atoms with van der Waals surface area (Å²) in [6.07, 6.45) is 1.46. The highest BCUT2D eigenvalue weighted by Crippen LogP contribution is 2.19. The molecular formula is C10H12N4O2S. The Labute approximate surface area is 98.9 Å². The van der Waals surface area contributed by atoms with Gasteiger partial charge in [-0.05, 0) is 24.6 Å². The third-order valence-electron chi connectivity index (χ3n) is 2.31. The maximum absolute atomic E-state index is 11.9. The summed E-state index contributed by atoms with van der Waals surface area (Å²) in [6.45, 7) is 1.81. The van der Waals surface area contributed by atoms with Crippen LogP contribution in [0.15, 0.2) is 35.4 Å². The van der Waals surface area contributed by atoms with Crippen molar-refractivity contribution >= 4 is 21.5 Å². The fourth-order valence-electron chi connectivity index (χ4n) is 1.30. The van der Waals surface area contributed by atoms with Crippen LogP contribution < -0.4 is 10.5 Å². The normalized spacial score (nSPS) is 11.4. The van der Waals surface area contributed by atoms with Gasteiger partial charge in [0.1, 0.15) is 5.82 Å². The second-order valence-corrected chi connectivity index (χ2v) is 5.28. The Hall–Kier alpha value is -2.02. The van der Waals surface area contributed by atoms with Crippen molar-refractivity contribution in [1.29, 1.82) is 0 Å². The van der Waals surface area contributed by atoms with Crippen LogP contribution in [0.5, 0.6) is 0 Å². The molecule has 0 bridgehead atoms. The molecule has 0 radical (unpaired) electrons. The monoisotopic (exact) mass is 252 g/mol. The molecule has 1 heterocycles. The molecule has 0 atom stereocenters. The van der Waals surface area contributed by atoms with Crippen LogP contribution in [0.25, 0.3) is 0 Å². The van der Waals surface area contributed by atoms with Crippen LogP contribution in [-0.4, -0.2) is 18.6 Å². The molecule has 0 aliphatic heterocycles. The Kier molecular flexibility index (Phi) is 2.76. The summed E-state index contributed by atoms with van der Waals surface area (Å²) in [6, 6.07) is 6.12. The predicted octanol–water partition coefficient (Wildman–Crippen LogP) is 1.10. The molecule has 1 aromatic heterocycles. The number of aromatic amines is 1. The van der Waals surface area contributed by atoms with Crippen molar-refractivity contribution in [3.8, 4) is 0 Å². The van der Waals surface area contributed by atoms with Crippen LogP contribution in [0.2, 0.25) is 0 Å². The molecule has 0 unspecified atom stereocenters. The summed E-state index contributed by atoms with van der Waals surface area (Å²) in [5.74, 6) is 0.309. The molecule has 90 valence electrons. The molecule has 0 saturated carbocycles. The largest absolute Gasteiger partial charge is 0.398 e. The minimum atomic E-state index is -3.62. The average Bonchev–Trinajstić information content (AvgIpc) is 2.73. The number of hydrogen-bond donors (Lipinski definition) is 3. The first-order valence-electron chi connectivity index (χ1n) is 4.87. The number of anilines is 2. The van der Waals surface area contributed by atoms with E-state index in [-0.39, 0.29) is 4.90 Å². The van der Waals surface area contributed by atoms with Crippen LogP contribution in [0.1, 0.15) is 5.56 Å². The maximum atomic E-state index is 11.9. The van der Waals surface area contributed by atoms with Gasteiger partial charge in [-0.2, -0.15) is 5.10 Å². The Morgan fingerprint density at radius 1 is 1.35 bits per heavy atom. The lowest BCUT2D eigenvalue weighted by Gasteiger charge is -2.07. The number of nitrogens with one attached hydrogen (secondary N) is 2. The van der Waals surface area contributed by atoms with E-state index in [1.165, 1.54) is 24.4 Å². The van der Waals surface area contributed by atoms with Crippen molar-refractivity contribution in [3.05, 3.63) is 36.0 Å². The standard InChI is InChI=1S/C10H12N4O2S/c1-7-2-3-8(6-9(7)11)17(15,16)14-10-4-5-12-13-10/h2-6H,11H2,1H3,(H2,12,13,14). The first-order valence-corrected chi connectivity index (χ1v) is 6.36. The maximum Gasteiger partial charge on any atom is 0.263 e. The molecule has 0 saturated heterocycles.